The van der Waals surface area contributed by atoms with Crippen LogP contribution in [0.3, 0.4) is 0 Å². The second-order valence-electron chi connectivity index (χ2n) is 7.87. The summed E-state index contributed by atoms with van der Waals surface area (Å²) in [4.78, 5) is 13.9. The van der Waals surface area contributed by atoms with Crippen LogP contribution >= 0.6 is 0 Å². The summed E-state index contributed by atoms with van der Waals surface area (Å²) in [6.45, 7) is 0. The molecule has 1 heterocycles. The Hall–Kier alpha value is -4.24. The average Bonchev–Trinajstić information content (AvgIpc) is 2.90. The molecular formula is C30H23O3+. The van der Waals surface area contributed by atoms with Gasteiger partial charge in [-0.1, -0.05) is 78.9 Å². The van der Waals surface area contributed by atoms with Gasteiger partial charge in [-0.05, 0) is 35.4 Å². The summed E-state index contributed by atoms with van der Waals surface area (Å²) < 4.78 is 11.8. The summed E-state index contributed by atoms with van der Waals surface area (Å²) in [6.07, 6.45) is 0. The van der Waals surface area contributed by atoms with Crippen molar-refractivity contribution in [3.05, 3.63) is 132 Å². The van der Waals surface area contributed by atoms with Crippen LogP contribution in [0.4, 0.5) is 0 Å². The van der Waals surface area contributed by atoms with E-state index in [1.807, 2.05) is 115 Å². The van der Waals surface area contributed by atoms with Gasteiger partial charge >= 0.3 is 11.3 Å². The Kier molecular flexibility index (Phi) is 5.69. The zero-order chi connectivity index (χ0) is 22.6. The fraction of sp³-hybridized carbons (Fsp3) is 0.0667. The smallest absolute Gasteiger partial charge is 0.364 e. The molecule has 0 aliphatic rings. The maximum absolute atomic E-state index is 13.9. The third kappa shape index (κ3) is 4.13. The van der Waals surface area contributed by atoms with E-state index < -0.39 is 5.92 Å². The highest BCUT2D eigenvalue weighted by atomic mass is 16.5. The molecule has 0 saturated heterocycles. The van der Waals surface area contributed by atoms with Crippen LogP contribution in [-0.4, -0.2) is 12.9 Å². The highest BCUT2D eigenvalue weighted by Gasteiger charge is 2.30. The minimum absolute atomic E-state index is 0.0455. The van der Waals surface area contributed by atoms with Crippen molar-refractivity contribution in [1.82, 2.24) is 0 Å². The van der Waals surface area contributed by atoms with E-state index in [4.69, 9.17) is 9.15 Å². The zero-order valence-electron chi connectivity index (χ0n) is 18.3. The topological polar surface area (TPSA) is 37.6 Å². The zero-order valence-corrected chi connectivity index (χ0v) is 18.3. The summed E-state index contributed by atoms with van der Waals surface area (Å²) in [5, 5.41) is 0.883. The number of ether oxygens (including phenoxy) is 1. The Morgan fingerprint density at radius 1 is 0.758 bits per heavy atom. The quantitative estimate of drug-likeness (QED) is 0.208. The van der Waals surface area contributed by atoms with Crippen molar-refractivity contribution in [3.63, 3.8) is 0 Å². The average molecular weight is 432 g/mol. The van der Waals surface area contributed by atoms with Gasteiger partial charge in [0, 0.05) is 11.6 Å². The maximum atomic E-state index is 13.9. The van der Waals surface area contributed by atoms with Crippen molar-refractivity contribution in [1.29, 1.82) is 0 Å². The predicted molar refractivity (Wildman–Crippen MR) is 132 cm³/mol. The van der Waals surface area contributed by atoms with Crippen LogP contribution in [0, 0.1) is 0 Å². The lowest BCUT2D eigenvalue weighted by Gasteiger charge is -2.18. The molecule has 1 atom stereocenters. The van der Waals surface area contributed by atoms with E-state index in [0.29, 0.717) is 22.7 Å². The Labute approximate surface area is 192 Å². The Morgan fingerprint density at radius 2 is 1.39 bits per heavy atom. The molecule has 0 aliphatic heterocycles. The molecule has 5 rings (SSSR count). The minimum Gasteiger partial charge on any atom is -0.496 e. The molecule has 0 radical (unpaired) electrons. The van der Waals surface area contributed by atoms with Crippen molar-refractivity contribution >= 4 is 16.8 Å². The molecule has 3 heteroatoms. The number of methoxy groups -OCH3 is 1. The van der Waals surface area contributed by atoms with Crippen LogP contribution in [0.25, 0.3) is 22.3 Å². The molecular weight excluding hydrogens is 408 g/mol. The summed E-state index contributed by atoms with van der Waals surface area (Å²) >= 11 is 0. The molecule has 1 unspecified atom stereocenters. The monoisotopic (exact) mass is 431 g/mol. The van der Waals surface area contributed by atoms with Crippen LogP contribution in [0.1, 0.15) is 27.4 Å². The van der Waals surface area contributed by atoms with Gasteiger partial charge in [-0.15, -0.1) is 0 Å². The largest absolute Gasteiger partial charge is 0.496 e. The summed E-state index contributed by atoms with van der Waals surface area (Å²) in [7, 11) is 1.63. The molecule has 0 bridgehead atoms. The van der Waals surface area contributed by atoms with Gasteiger partial charge in [0.15, 0.2) is 5.78 Å². The lowest BCUT2D eigenvalue weighted by Crippen LogP contribution is -2.15. The van der Waals surface area contributed by atoms with Gasteiger partial charge in [0.1, 0.15) is 5.75 Å². The van der Waals surface area contributed by atoms with Gasteiger partial charge in [-0.3, -0.25) is 4.79 Å². The number of carbonyl (C=O) groups is 1. The van der Waals surface area contributed by atoms with Gasteiger partial charge in [0.25, 0.3) is 0 Å². The van der Waals surface area contributed by atoms with Crippen LogP contribution in [-0.2, 0) is 0 Å². The number of hydrogen-bond acceptors (Lipinski definition) is 2. The van der Waals surface area contributed by atoms with Crippen molar-refractivity contribution in [2.75, 3.05) is 7.11 Å². The molecule has 3 nitrogen and oxygen atoms in total. The Balaban J connectivity index is 1.79. The molecule has 0 saturated carbocycles. The highest BCUT2D eigenvalue weighted by molar-refractivity contribution is 6.05. The van der Waals surface area contributed by atoms with Crippen LogP contribution in [0.5, 0.6) is 5.75 Å². The Morgan fingerprint density at radius 3 is 2.06 bits per heavy atom. The summed E-state index contributed by atoms with van der Waals surface area (Å²) in [5.41, 5.74) is 4.14. The number of hydrogen-bond donors (Lipinski definition) is 0. The first-order chi connectivity index (χ1) is 16.2. The maximum Gasteiger partial charge on any atom is 0.364 e. The van der Waals surface area contributed by atoms with Crippen LogP contribution < -0.4 is 4.74 Å². The second kappa shape index (κ2) is 9.09. The minimum atomic E-state index is -0.483. The van der Waals surface area contributed by atoms with Gasteiger partial charge < -0.3 is 4.74 Å². The molecule has 33 heavy (non-hydrogen) atoms. The van der Waals surface area contributed by atoms with E-state index in [2.05, 4.69) is 0 Å². The third-order valence-electron chi connectivity index (χ3n) is 5.83. The van der Waals surface area contributed by atoms with Gasteiger partial charge in [0.2, 0.25) is 0 Å². The molecule has 0 amide bonds. The van der Waals surface area contributed by atoms with E-state index >= 15 is 0 Å². The number of fused-ring (bicyclic) bond motifs is 1. The standard InChI is InChI=1S/C30H23O3/c1-32-24-17-18-25-26(20-27(33-28(25)19-24)21-11-5-2-6-12-21)29(22-13-7-3-8-14-22)30(31)23-15-9-4-10-16-23/h2-20,29H,1H3/q+1. The van der Waals surface area contributed by atoms with Gasteiger partial charge in [0.05, 0.1) is 30.0 Å². The molecule has 160 valence electrons. The lowest BCUT2D eigenvalue weighted by atomic mass is 9.83. The van der Waals surface area contributed by atoms with E-state index in [0.717, 1.165) is 22.1 Å². The van der Waals surface area contributed by atoms with Crippen molar-refractivity contribution in [2.24, 2.45) is 0 Å². The van der Waals surface area contributed by atoms with Crippen LogP contribution in [0.15, 0.2) is 120 Å². The molecule has 0 fully saturated rings. The first-order valence-electron chi connectivity index (χ1n) is 10.9. The van der Waals surface area contributed by atoms with Crippen molar-refractivity contribution < 1.29 is 13.9 Å². The van der Waals surface area contributed by atoms with E-state index in [1.165, 1.54) is 0 Å². The molecule has 0 N–H and O–H groups in total. The molecule has 1 aromatic heterocycles. The number of ketones is 1. The molecule has 0 spiro atoms. The fourth-order valence-electron chi connectivity index (χ4n) is 4.19. The van der Waals surface area contributed by atoms with E-state index in [9.17, 15) is 4.79 Å². The summed E-state index contributed by atoms with van der Waals surface area (Å²) in [5.74, 6) is 0.966. The van der Waals surface area contributed by atoms with Crippen molar-refractivity contribution in [2.45, 2.75) is 5.92 Å². The predicted octanol–water partition coefficient (Wildman–Crippen LogP) is 7.40. The molecule has 5 aromatic rings. The summed E-state index contributed by atoms with van der Waals surface area (Å²) in [6, 6.07) is 37.1. The van der Waals surface area contributed by atoms with E-state index in [1.54, 1.807) is 7.11 Å². The van der Waals surface area contributed by atoms with Gasteiger partial charge in [-0.25, -0.2) is 4.42 Å². The normalized spacial score (nSPS) is 11.8. The van der Waals surface area contributed by atoms with Gasteiger partial charge in [-0.2, -0.15) is 0 Å². The number of carbonyl (C=O) groups excluding carboxylic acids is 1. The number of Topliss-reactive ketones (excluding diaryl/α,β-unsaturated/α-hetero) is 1. The first kappa shape index (κ1) is 20.7. The third-order valence-corrected chi connectivity index (χ3v) is 5.83. The Bertz CT molecular complexity index is 1390. The van der Waals surface area contributed by atoms with Crippen molar-refractivity contribution in [3.8, 4) is 17.1 Å². The molecule has 4 aromatic carbocycles. The highest BCUT2D eigenvalue weighted by Crippen LogP contribution is 2.38. The SMILES string of the molecule is COc1ccc2c(C(C(=O)c3ccccc3)c3ccccc3)cc(-c3ccccc3)[o+]c2c1. The number of benzene rings is 4. The lowest BCUT2D eigenvalue weighted by molar-refractivity contribution is 0.0974. The molecule has 0 aliphatic carbocycles. The fourth-order valence-corrected chi connectivity index (χ4v) is 4.19. The first-order valence-corrected chi connectivity index (χ1v) is 10.9. The second-order valence-corrected chi connectivity index (χ2v) is 7.87. The van der Waals surface area contributed by atoms with E-state index in [-0.39, 0.29) is 5.78 Å². The van der Waals surface area contributed by atoms with Crippen LogP contribution in [0.2, 0.25) is 0 Å². The number of rotatable bonds is 6.